The average Bonchev–Trinajstić information content (AvgIpc) is 2.63. The molecule has 6 nitrogen and oxygen atoms in total. The molecule has 0 bridgehead atoms. The summed E-state index contributed by atoms with van der Waals surface area (Å²) in [5.74, 6) is -1.30. The number of nitrogens with zero attached hydrogens (tertiary/aromatic N) is 2. The molecule has 1 rings (SSSR count). The number of carboxylic acids is 1. The van der Waals surface area contributed by atoms with Crippen molar-refractivity contribution in [1.82, 2.24) is 4.31 Å². The molecule has 1 atom stereocenters. The van der Waals surface area contributed by atoms with Crippen molar-refractivity contribution in [2.75, 3.05) is 12.3 Å². The van der Waals surface area contributed by atoms with Gasteiger partial charge in [-0.15, -0.1) is 0 Å². The maximum absolute atomic E-state index is 12.2. The van der Waals surface area contributed by atoms with Gasteiger partial charge in [-0.2, -0.15) is 9.57 Å². The monoisotopic (exact) mass is 274 g/mol. The minimum Gasteiger partial charge on any atom is -0.480 e. The molecular formula is C11H18N2O4S. The first kappa shape index (κ1) is 14.9. The molecule has 102 valence electrons. The summed E-state index contributed by atoms with van der Waals surface area (Å²) in [6.07, 6.45) is 1.04. The average molecular weight is 274 g/mol. The second-order valence-electron chi connectivity index (χ2n) is 5.36. The van der Waals surface area contributed by atoms with Crippen molar-refractivity contribution in [2.24, 2.45) is 5.41 Å². The van der Waals surface area contributed by atoms with E-state index in [4.69, 9.17) is 10.4 Å². The molecule has 0 aromatic carbocycles. The van der Waals surface area contributed by atoms with Crippen LogP contribution in [0.3, 0.4) is 0 Å². The van der Waals surface area contributed by atoms with Gasteiger partial charge in [0.1, 0.15) is 6.04 Å². The molecule has 0 amide bonds. The number of hydrogen-bond donors (Lipinski definition) is 1. The van der Waals surface area contributed by atoms with E-state index in [9.17, 15) is 13.2 Å². The lowest BCUT2D eigenvalue weighted by Crippen LogP contribution is -2.44. The van der Waals surface area contributed by atoms with Crippen molar-refractivity contribution in [2.45, 2.75) is 39.2 Å². The second kappa shape index (κ2) is 5.24. The van der Waals surface area contributed by atoms with Crippen molar-refractivity contribution in [1.29, 1.82) is 5.26 Å². The van der Waals surface area contributed by atoms with Gasteiger partial charge >= 0.3 is 5.97 Å². The van der Waals surface area contributed by atoms with Gasteiger partial charge in [-0.1, -0.05) is 13.8 Å². The number of hydrogen-bond acceptors (Lipinski definition) is 4. The molecule has 0 aliphatic carbocycles. The first-order chi connectivity index (χ1) is 8.19. The van der Waals surface area contributed by atoms with Gasteiger partial charge in [0.25, 0.3) is 0 Å². The lowest BCUT2D eigenvalue weighted by atomic mass is 9.93. The number of carbonyl (C=O) groups is 1. The minimum atomic E-state index is -3.63. The van der Waals surface area contributed by atoms with E-state index in [1.165, 1.54) is 0 Å². The number of sulfonamides is 1. The smallest absolute Gasteiger partial charge is 0.322 e. The highest BCUT2D eigenvalue weighted by Gasteiger charge is 2.40. The highest BCUT2D eigenvalue weighted by molar-refractivity contribution is 7.89. The Hall–Kier alpha value is -1.13. The molecular weight excluding hydrogens is 256 g/mol. The number of carboxylic acid groups (broad SMARTS) is 1. The molecule has 0 saturated carbocycles. The van der Waals surface area contributed by atoms with Gasteiger partial charge in [0, 0.05) is 13.0 Å². The molecule has 0 aromatic heterocycles. The van der Waals surface area contributed by atoms with E-state index >= 15 is 0 Å². The summed E-state index contributed by atoms with van der Waals surface area (Å²) in [6.45, 7) is 3.64. The highest BCUT2D eigenvalue weighted by Crippen LogP contribution is 2.28. The molecule has 0 aromatic rings. The van der Waals surface area contributed by atoms with Crippen molar-refractivity contribution in [3.05, 3.63) is 0 Å². The lowest BCUT2D eigenvalue weighted by Gasteiger charge is -2.27. The lowest BCUT2D eigenvalue weighted by molar-refractivity contribution is -0.140. The van der Waals surface area contributed by atoms with E-state index in [-0.39, 0.29) is 18.7 Å². The first-order valence-corrected chi connectivity index (χ1v) is 7.40. The molecule has 1 N–H and O–H groups in total. The van der Waals surface area contributed by atoms with Crippen LogP contribution < -0.4 is 0 Å². The summed E-state index contributed by atoms with van der Waals surface area (Å²) in [5.41, 5.74) is -0.667. The van der Waals surface area contributed by atoms with Crippen LogP contribution in [0.2, 0.25) is 0 Å². The fourth-order valence-corrected chi connectivity index (χ4v) is 4.41. The maximum atomic E-state index is 12.2. The van der Waals surface area contributed by atoms with Crippen molar-refractivity contribution in [3.8, 4) is 6.07 Å². The third-order valence-electron chi connectivity index (χ3n) is 2.98. The van der Waals surface area contributed by atoms with Crippen LogP contribution in [0.1, 0.15) is 33.1 Å². The Bertz CT molecular complexity index is 464. The van der Waals surface area contributed by atoms with Crippen LogP contribution >= 0.6 is 0 Å². The molecule has 1 fully saturated rings. The quantitative estimate of drug-likeness (QED) is 0.799. The van der Waals surface area contributed by atoms with E-state index in [0.29, 0.717) is 12.8 Å². The Kier molecular flexibility index (Phi) is 4.35. The Labute approximate surface area is 107 Å². The molecule has 0 spiro atoms. The Morgan fingerprint density at radius 2 is 2.17 bits per heavy atom. The van der Waals surface area contributed by atoms with Gasteiger partial charge in [0.15, 0.2) is 0 Å². The topological polar surface area (TPSA) is 98.5 Å². The third kappa shape index (κ3) is 3.43. The van der Waals surface area contributed by atoms with Crippen molar-refractivity contribution in [3.63, 3.8) is 0 Å². The number of nitriles is 1. The molecule has 18 heavy (non-hydrogen) atoms. The van der Waals surface area contributed by atoms with E-state index in [2.05, 4.69) is 0 Å². The third-order valence-corrected chi connectivity index (χ3v) is 5.27. The summed E-state index contributed by atoms with van der Waals surface area (Å²) in [6, 6.07) is 1.00. The maximum Gasteiger partial charge on any atom is 0.322 e. The van der Waals surface area contributed by atoms with E-state index in [1.807, 2.05) is 6.07 Å². The predicted octanol–water partition coefficient (Wildman–Crippen LogP) is 0.805. The normalized spacial score (nSPS) is 21.7. The molecule has 1 heterocycles. The first-order valence-electron chi connectivity index (χ1n) is 5.79. The van der Waals surface area contributed by atoms with Crippen LogP contribution in [-0.2, 0) is 14.8 Å². The summed E-state index contributed by atoms with van der Waals surface area (Å²) in [5, 5.41) is 17.6. The largest absolute Gasteiger partial charge is 0.480 e. The number of aliphatic carboxylic acids is 1. The minimum absolute atomic E-state index is 0.123. The van der Waals surface area contributed by atoms with Gasteiger partial charge in [0.05, 0.1) is 11.8 Å². The van der Waals surface area contributed by atoms with Crippen LogP contribution in [0, 0.1) is 16.7 Å². The molecule has 1 saturated heterocycles. The van der Waals surface area contributed by atoms with E-state index < -0.39 is 27.4 Å². The van der Waals surface area contributed by atoms with Crippen molar-refractivity contribution >= 4 is 16.0 Å². The molecule has 1 aliphatic heterocycles. The molecule has 1 aliphatic rings. The summed E-state index contributed by atoms with van der Waals surface area (Å²) < 4.78 is 25.4. The molecule has 0 radical (unpaired) electrons. The van der Waals surface area contributed by atoms with Crippen molar-refractivity contribution < 1.29 is 18.3 Å². The Morgan fingerprint density at radius 3 is 2.67 bits per heavy atom. The van der Waals surface area contributed by atoms with Gasteiger partial charge in [-0.25, -0.2) is 8.42 Å². The van der Waals surface area contributed by atoms with E-state index in [1.54, 1.807) is 13.8 Å². The van der Waals surface area contributed by atoms with Crippen LogP contribution in [0.4, 0.5) is 0 Å². The molecule has 7 heteroatoms. The van der Waals surface area contributed by atoms with Crippen LogP contribution in [0.5, 0.6) is 0 Å². The zero-order valence-electron chi connectivity index (χ0n) is 10.6. The summed E-state index contributed by atoms with van der Waals surface area (Å²) in [4.78, 5) is 11.0. The predicted molar refractivity (Wildman–Crippen MR) is 65.2 cm³/mol. The summed E-state index contributed by atoms with van der Waals surface area (Å²) >= 11 is 0. The SMILES string of the molecule is CC(C)(CC#N)CS(=O)(=O)N1CCCC1C(=O)O. The van der Waals surface area contributed by atoms with Gasteiger partial charge < -0.3 is 5.11 Å². The Morgan fingerprint density at radius 1 is 1.56 bits per heavy atom. The van der Waals surface area contributed by atoms with Gasteiger partial charge in [-0.05, 0) is 18.3 Å². The Balaban J connectivity index is 2.88. The van der Waals surface area contributed by atoms with Gasteiger partial charge in [-0.3, -0.25) is 4.79 Å². The zero-order valence-corrected chi connectivity index (χ0v) is 11.4. The van der Waals surface area contributed by atoms with Crippen LogP contribution in [-0.4, -0.2) is 42.1 Å². The number of rotatable bonds is 5. The van der Waals surface area contributed by atoms with E-state index in [0.717, 1.165) is 4.31 Å². The van der Waals surface area contributed by atoms with Crippen LogP contribution in [0.15, 0.2) is 0 Å². The highest BCUT2D eigenvalue weighted by atomic mass is 32.2. The standard InChI is InChI=1S/C11H18N2O4S/c1-11(2,5-6-12)8-18(16,17)13-7-3-4-9(13)10(14)15/h9H,3-5,7-8H2,1-2H3,(H,14,15). The fraction of sp³-hybridized carbons (Fsp3) is 0.818. The fourth-order valence-electron chi connectivity index (χ4n) is 2.16. The summed E-state index contributed by atoms with van der Waals surface area (Å²) in [7, 11) is -3.63. The van der Waals surface area contributed by atoms with Crippen LogP contribution in [0.25, 0.3) is 0 Å². The van der Waals surface area contributed by atoms with Gasteiger partial charge in [0.2, 0.25) is 10.0 Å². The molecule has 1 unspecified atom stereocenters. The second-order valence-corrected chi connectivity index (χ2v) is 7.28. The zero-order chi connectivity index (χ0) is 14.0.